The third kappa shape index (κ3) is 6.35. The molecule has 0 saturated carbocycles. The summed E-state index contributed by atoms with van der Waals surface area (Å²) >= 11 is 0. The highest BCUT2D eigenvalue weighted by Gasteiger charge is 2.43. The second-order valence-electron chi connectivity index (χ2n) is 14.5. The topological polar surface area (TPSA) is 54.4 Å². The van der Waals surface area contributed by atoms with E-state index in [-0.39, 0.29) is 16.6 Å². The fourth-order valence-corrected chi connectivity index (χ4v) is 9.11. The molecule has 0 bridgehead atoms. The third-order valence-electron chi connectivity index (χ3n) is 11.4. The summed E-state index contributed by atoms with van der Waals surface area (Å²) in [5.41, 5.74) is 12.1. The van der Waals surface area contributed by atoms with Crippen LogP contribution in [0.25, 0.3) is 0 Å². The number of benzene rings is 4. The van der Waals surface area contributed by atoms with Gasteiger partial charge in [-0.15, -0.1) is 0 Å². The Labute approximate surface area is 285 Å². The SMILES string of the molecule is Cc1ccc2c(c1)CCCC1=CC(=O)CCC12Cc1ccccc1.O=C1C=C2CCCc3cc(O)ccc3C2(Cc2ccccc2)CC1. The summed E-state index contributed by atoms with van der Waals surface area (Å²) in [6.07, 6.45) is 15.2. The van der Waals surface area contributed by atoms with E-state index in [9.17, 15) is 14.7 Å². The first-order valence-corrected chi connectivity index (χ1v) is 17.8. The maximum atomic E-state index is 12.1. The number of aromatic hydroxyl groups is 1. The number of hydrogen-bond donors (Lipinski definition) is 1. The van der Waals surface area contributed by atoms with E-state index in [4.69, 9.17) is 0 Å². The lowest BCUT2D eigenvalue weighted by Gasteiger charge is -2.39. The van der Waals surface area contributed by atoms with Gasteiger partial charge in [-0.3, -0.25) is 9.59 Å². The number of phenolic OH excluding ortho intramolecular Hbond substituents is 1. The molecule has 4 aliphatic rings. The summed E-state index contributed by atoms with van der Waals surface area (Å²) < 4.78 is 0. The molecule has 4 aromatic rings. The zero-order chi connectivity index (χ0) is 33.1. The Morgan fingerprint density at radius 3 is 1.56 bits per heavy atom. The van der Waals surface area contributed by atoms with Gasteiger partial charge in [0.2, 0.25) is 0 Å². The summed E-state index contributed by atoms with van der Waals surface area (Å²) in [5.74, 6) is 0.906. The van der Waals surface area contributed by atoms with Crippen LogP contribution in [0.2, 0.25) is 0 Å². The minimum Gasteiger partial charge on any atom is -0.508 e. The van der Waals surface area contributed by atoms with Crippen molar-refractivity contribution in [3.05, 3.63) is 159 Å². The Balaban J connectivity index is 0.000000152. The fourth-order valence-electron chi connectivity index (χ4n) is 9.11. The standard InChI is InChI=1S/C23H24O.C22H22O2/c1-17-10-11-22-19(14-17)8-5-9-20-15-21(24)12-13-23(20,22)16-18-6-3-2-4-7-18;23-19-9-10-21-17(13-19)7-4-8-18-14-20(24)11-12-22(18,21)15-16-5-2-1-3-6-16/h2-4,6-7,10-11,14-15H,5,8-9,12-13,16H2,1H3;1-3,5-6,9-10,13-14,23H,4,7-8,11-12,15H2. The fraction of sp³-hybridized carbons (Fsp3) is 0.333. The highest BCUT2D eigenvalue weighted by molar-refractivity contribution is 5.93. The molecule has 2 atom stereocenters. The van der Waals surface area contributed by atoms with Crippen molar-refractivity contribution in [3.63, 3.8) is 0 Å². The van der Waals surface area contributed by atoms with Crippen LogP contribution in [0.15, 0.2) is 120 Å². The van der Waals surface area contributed by atoms with E-state index >= 15 is 0 Å². The number of ketones is 2. The second-order valence-corrected chi connectivity index (χ2v) is 14.5. The van der Waals surface area contributed by atoms with Gasteiger partial charge in [0.25, 0.3) is 0 Å². The molecule has 0 aromatic heterocycles. The van der Waals surface area contributed by atoms with Gasteiger partial charge in [0.15, 0.2) is 11.6 Å². The molecule has 0 aliphatic heterocycles. The van der Waals surface area contributed by atoms with Crippen molar-refractivity contribution in [2.45, 2.75) is 94.8 Å². The summed E-state index contributed by atoms with van der Waals surface area (Å²) in [6.45, 7) is 2.18. The summed E-state index contributed by atoms with van der Waals surface area (Å²) in [6, 6.07) is 34.1. The number of aryl methyl sites for hydroxylation is 3. The number of carbonyl (C=O) groups excluding carboxylic acids is 2. The van der Waals surface area contributed by atoms with Gasteiger partial charge in [0.05, 0.1) is 0 Å². The van der Waals surface area contributed by atoms with Gasteiger partial charge in [-0.1, -0.05) is 102 Å². The Morgan fingerprint density at radius 1 is 0.562 bits per heavy atom. The monoisotopic (exact) mass is 634 g/mol. The minimum absolute atomic E-state index is 0.00873. The number of hydrogen-bond acceptors (Lipinski definition) is 3. The molecule has 1 N–H and O–H groups in total. The maximum absolute atomic E-state index is 12.1. The molecule has 3 heteroatoms. The predicted molar refractivity (Wildman–Crippen MR) is 193 cm³/mol. The first-order valence-electron chi connectivity index (χ1n) is 17.8. The minimum atomic E-state index is -0.102. The maximum Gasteiger partial charge on any atom is 0.155 e. The summed E-state index contributed by atoms with van der Waals surface area (Å²) in [4.78, 5) is 24.2. The Bertz CT molecular complexity index is 1740. The first-order chi connectivity index (χ1) is 23.3. The van der Waals surface area contributed by atoms with E-state index in [0.29, 0.717) is 24.4 Å². The van der Waals surface area contributed by atoms with E-state index < -0.39 is 0 Å². The molecule has 2 unspecified atom stereocenters. The van der Waals surface area contributed by atoms with Crippen LogP contribution < -0.4 is 0 Å². The molecule has 0 amide bonds. The molecule has 4 aliphatic carbocycles. The molecular weight excluding hydrogens is 588 g/mol. The van der Waals surface area contributed by atoms with Crippen LogP contribution in [0, 0.1) is 6.92 Å². The molecule has 0 radical (unpaired) electrons. The first kappa shape index (κ1) is 32.1. The summed E-state index contributed by atoms with van der Waals surface area (Å²) in [7, 11) is 0. The van der Waals surface area contributed by atoms with E-state index in [0.717, 1.165) is 64.2 Å². The van der Waals surface area contributed by atoms with Crippen LogP contribution in [0.1, 0.15) is 90.3 Å². The van der Waals surface area contributed by atoms with Crippen molar-refractivity contribution in [2.75, 3.05) is 0 Å². The van der Waals surface area contributed by atoms with Crippen LogP contribution >= 0.6 is 0 Å². The molecule has 0 heterocycles. The molecular formula is C45H46O3. The van der Waals surface area contributed by atoms with Crippen LogP contribution in [-0.2, 0) is 46.1 Å². The molecule has 0 spiro atoms. The lowest BCUT2D eigenvalue weighted by molar-refractivity contribution is -0.116. The molecule has 48 heavy (non-hydrogen) atoms. The third-order valence-corrected chi connectivity index (χ3v) is 11.4. The molecule has 0 fully saturated rings. The molecule has 4 aromatic carbocycles. The number of phenols is 1. The smallest absolute Gasteiger partial charge is 0.155 e. The number of allylic oxidation sites excluding steroid dienone is 4. The van der Waals surface area contributed by atoms with Gasteiger partial charge >= 0.3 is 0 Å². The van der Waals surface area contributed by atoms with Crippen molar-refractivity contribution in [2.24, 2.45) is 0 Å². The molecule has 3 nitrogen and oxygen atoms in total. The average molecular weight is 635 g/mol. The largest absolute Gasteiger partial charge is 0.508 e. The van der Waals surface area contributed by atoms with Gasteiger partial charge < -0.3 is 5.11 Å². The van der Waals surface area contributed by atoms with Gasteiger partial charge in [-0.05, 0) is 129 Å². The van der Waals surface area contributed by atoms with Gasteiger partial charge in [-0.2, -0.15) is 0 Å². The average Bonchev–Trinajstić information content (AvgIpc) is 3.33. The van der Waals surface area contributed by atoms with Crippen LogP contribution in [0.3, 0.4) is 0 Å². The van der Waals surface area contributed by atoms with Gasteiger partial charge in [-0.25, -0.2) is 0 Å². The highest BCUT2D eigenvalue weighted by atomic mass is 16.3. The van der Waals surface area contributed by atoms with E-state index in [1.165, 1.54) is 50.1 Å². The normalized spacial score (nSPS) is 23.0. The zero-order valence-corrected chi connectivity index (χ0v) is 28.1. The molecule has 244 valence electrons. The van der Waals surface area contributed by atoms with Crippen molar-refractivity contribution in [3.8, 4) is 5.75 Å². The molecule has 8 rings (SSSR count). The number of rotatable bonds is 4. The number of carbonyl (C=O) groups is 2. The van der Waals surface area contributed by atoms with Crippen molar-refractivity contribution in [1.82, 2.24) is 0 Å². The van der Waals surface area contributed by atoms with Gasteiger partial charge in [0, 0.05) is 23.7 Å². The highest BCUT2D eigenvalue weighted by Crippen LogP contribution is 2.49. The lowest BCUT2D eigenvalue weighted by atomic mass is 9.63. The quantitative estimate of drug-likeness (QED) is 0.243. The van der Waals surface area contributed by atoms with Crippen molar-refractivity contribution >= 4 is 11.6 Å². The van der Waals surface area contributed by atoms with Gasteiger partial charge in [0.1, 0.15) is 5.75 Å². The van der Waals surface area contributed by atoms with E-state index in [1.54, 1.807) is 6.07 Å². The van der Waals surface area contributed by atoms with Crippen LogP contribution in [0.4, 0.5) is 0 Å². The second kappa shape index (κ2) is 13.5. The van der Waals surface area contributed by atoms with E-state index in [2.05, 4.69) is 85.8 Å². The predicted octanol–water partition coefficient (Wildman–Crippen LogP) is 9.60. The van der Waals surface area contributed by atoms with Crippen molar-refractivity contribution in [1.29, 1.82) is 0 Å². The Morgan fingerprint density at radius 2 is 1.04 bits per heavy atom. The van der Waals surface area contributed by atoms with E-state index in [1.807, 2.05) is 24.3 Å². The summed E-state index contributed by atoms with van der Waals surface area (Å²) in [5, 5.41) is 9.92. The van der Waals surface area contributed by atoms with Crippen LogP contribution in [0.5, 0.6) is 5.75 Å². The molecule has 0 saturated heterocycles. The number of fused-ring (bicyclic) bond motifs is 6. The lowest BCUT2D eigenvalue weighted by Crippen LogP contribution is -2.35. The zero-order valence-electron chi connectivity index (χ0n) is 28.1. The van der Waals surface area contributed by atoms with Crippen molar-refractivity contribution < 1.29 is 14.7 Å². The Hall–Kier alpha value is -4.50. The Kier molecular flexibility index (Phi) is 9.05. The van der Waals surface area contributed by atoms with Crippen LogP contribution in [-0.4, -0.2) is 16.7 Å².